The maximum atomic E-state index is 11.8. The third-order valence-corrected chi connectivity index (χ3v) is 3.63. The summed E-state index contributed by atoms with van der Waals surface area (Å²) in [5.41, 5.74) is 6.75. The van der Waals surface area contributed by atoms with Gasteiger partial charge >= 0.3 is 0 Å². The molecular formula is C14H22N2O2S. The highest BCUT2D eigenvalue weighted by Gasteiger charge is 2.16. The molecule has 0 saturated heterocycles. The molecular weight excluding hydrogens is 260 g/mol. The van der Waals surface area contributed by atoms with E-state index in [0.29, 0.717) is 0 Å². The molecule has 0 aliphatic rings. The predicted octanol–water partition coefficient (Wildman–Crippen LogP) is 1.95. The van der Waals surface area contributed by atoms with Gasteiger partial charge in [0.2, 0.25) is 5.91 Å². The van der Waals surface area contributed by atoms with Crippen molar-refractivity contribution in [3.8, 4) is 0 Å². The van der Waals surface area contributed by atoms with E-state index in [0.717, 1.165) is 11.3 Å². The van der Waals surface area contributed by atoms with Crippen molar-refractivity contribution in [2.75, 3.05) is 19.5 Å². The van der Waals surface area contributed by atoms with Crippen molar-refractivity contribution in [2.45, 2.75) is 30.8 Å². The molecule has 3 N–H and O–H groups in total. The topological polar surface area (TPSA) is 64.4 Å². The Morgan fingerprint density at radius 1 is 1.42 bits per heavy atom. The maximum absolute atomic E-state index is 11.8. The van der Waals surface area contributed by atoms with Gasteiger partial charge in [-0.05, 0) is 30.4 Å². The zero-order chi connectivity index (χ0) is 14.3. The lowest BCUT2D eigenvalue weighted by Crippen LogP contribution is -2.44. The summed E-state index contributed by atoms with van der Waals surface area (Å²) in [6.45, 7) is 4.29. The van der Waals surface area contributed by atoms with E-state index in [-0.39, 0.29) is 18.6 Å². The van der Waals surface area contributed by atoms with E-state index in [9.17, 15) is 4.79 Å². The van der Waals surface area contributed by atoms with Crippen LogP contribution in [0.1, 0.15) is 25.5 Å². The molecule has 1 aromatic rings. The summed E-state index contributed by atoms with van der Waals surface area (Å²) in [7, 11) is 1.53. The summed E-state index contributed by atoms with van der Waals surface area (Å²) >= 11 is 1.80. The maximum Gasteiger partial charge on any atom is 0.239 e. The molecule has 5 heteroatoms. The molecule has 0 saturated carbocycles. The lowest BCUT2D eigenvalue weighted by Gasteiger charge is -2.17. The van der Waals surface area contributed by atoms with Gasteiger partial charge < -0.3 is 15.8 Å². The van der Waals surface area contributed by atoms with Gasteiger partial charge in [0, 0.05) is 12.0 Å². The van der Waals surface area contributed by atoms with Crippen LogP contribution in [0.4, 0.5) is 0 Å². The Kier molecular flexibility index (Phi) is 6.91. The SMILES string of the molecule is CCSc1ccc(C(C)NC(=O)C(N)COC)cc1. The Hall–Kier alpha value is -1.04. The molecule has 0 bridgehead atoms. The van der Waals surface area contributed by atoms with Crippen LogP contribution in [0.3, 0.4) is 0 Å². The number of carbonyl (C=O) groups excluding carboxylic acids is 1. The first-order valence-electron chi connectivity index (χ1n) is 6.36. The molecule has 0 aromatic heterocycles. The molecule has 1 rings (SSSR count). The number of benzene rings is 1. The van der Waals surface area contributed by atoms with Gasteiger partial charge in [0.15, 0.2) is 0 Å². The number of nitrogens with two attached hydrogens (primary N) is 1. The van der Waals surface area contributed by atoms with Gasteiger partial charge in [0.1, 0.15) is 6.04 Å². The van der Waals surface area contributed by atoms with E-state index in [1.165, 1.54) is 12.0 Å². The van der Waals surface area contributed by atoms with Crippen molar-refractivity contribution in [2.24, 2.45) is 5.73 Å². The van der Waals surface area contributed by atoms with Crippen LogP contribution in [-0.4, -0.2) is 31.4 Å². The van der Waals surface area contributed by atoms with Crippen LogP contribution in [0.25, 0.3) is 0 Å². The number of nitrogens with one attached hydrogen (secondary N) is 1. The molecule has 0 aliphatic heterocycles. The summed E-state index contributed by atoms with van der Waals surface area (Å²) < 4.78 is 4.87. The minimum absolute atomic E-state index is 0.0592. The van der Waals surface area contributed by atoms with Crippen LogP contribution in [0, 0.1) is 0 Å². The average Bonchev–Trinajstić information content (AvgIpc) is 2.40. The van der Waals surface area contributed by atoms with Crippen LogP contribution in [-0.2, 0) is 9.53 Å². The summed E-state index contributed by atoms with van der Waals surface area (Å²) in [5.74, 6) is 0.860. The quantitative estimate of drug-likeness (QED) is 0.750. The van der Waals surface area contributed by atoms with E-state index < -0.39 is 6.04 Å². The van der Waals surface area contributed by atoms with Crippen molar-refractivity contribution < 1.29 is 9.53 Å². The molecule has 1 amide bonds. The fraction of sp³-hybridized carbons (Fsp3) is 0.500. The van der Waals surface area contributed by atoms with E-state index in [4.69, 9.17) is 10.5 Å². The number of hydrogen-bond acceptors (Lipinski definition) is 4. The summed E-state index contributed by atoms with van der Waals surface area (Å²) in [4.78, 5) is 13.0. The predicted molar refractivity (Wildman–Crippen MR) is 79.2 cm³/mol. The largest absolute Gasteiger partial charge is 0.383 e. The second-order valence-electron chi connectivity index (χ2n) is 4.29. The van der Waals surface area contributed by atoms with Crippen molar-refractivity contribution in [1.82, 2.24) is 5.32 Å². The second-order valence-corrected chi connectivity index (χ2v) is 5.63. The van der Waals surface area contributed by atoms with E-state index in [2.05, 4.69) is 24.4 Å². The second kappa shape index (κ2) is 8.19. The molecule has 0 aliphatic carbocycles. The fourth-order valence-electron chi connectivity index (χ4n) is 1.68. The average molecular weight is 282 g/mol. The van der Waals surface area contributed by atoms with Gasteiger partial charge in [-0.2, -0.15) is 0 Å². The fourth-order valence-corrected chi connectivity index (χ4v) is 2.34. The Morgan fingerprint density at radius 2 is 2.05 bits per heavy atom. The smallest absolute Gasteiger partial charge is 0.239 e. The molecule has 19 heavy (non-hydrogen) atoms. The minimum atomic E-state index is -0.623. The van der Waals surface area contributed by atoms with Crippen LogP contribution >= 0.6 is 11.8 Å². The zero-order valence-electron chi connectivity index (χ0n) is 11.7. The number of ether oxygens (including phenoxy) is 1. The molecule has 1 aromatic carbocycles. The van der Waals surface area contributed by atoms with Crippen LogP contribution < -0.4 is 11.1 Å². The van der Waals surface area contributed by atoms with E-state index >= 15 is 0 Å². The third-order valence-electron chi connectivity index (χ3n) is 2.73. The van der Waals surface area contributed by atoms with Gasteiger partial charge in [0.05, 0.1) is 12.6 Å². The van der Waals surface area contributed by atoms with Crippen LogP contribution in [0.5, 0.6) is 0 Å². The number of methoxy groups -OCH3 is 1. The van der Waals surface area contributed by atoms with Gasteiger partial charge in [-0.15, -0.1) is 11.8 Å². The van der Waals surface area contributed by atoms with Crippen molar-refractivity contribution >= 4 is 17.7 Å². The molecule has 0 spiro atoms. The van der Waals surface area contributed by atoms with E-state index in [1.807, 2.05) is 19.1 Å². The summed E-state index contributed by atoms with van der Waals surface area (Å²) in [6, 6.07) is 7.52. The highest BCUT2D eigenvalue weighted by Crippen LogP contribution is 2.20. The first-order valence-corrected chi connectivity index (χ1v) is 7.34. The van der Waals surface area contributed by atoms with Gasteiger partial charge in [0.25, 0.3) is 0 Å². The lowest BCUT2D eigenvalue weighted by molar-refractivity contribution is -0.124. The van der Waals surface area contributed by atoms with Crippen molar-refractivity contribution in [3.63, 3.8) is 0 Å². The van der Waals surface area contributed by atoms with Crippen molar-refractivity contribution in [1.29, 1.82) is 0 Å². The molecule has 2 atom stereocenters. The molecule has 2 unspecified atom stereocenters. The van der Waals surface area contributed by atoms with Gasteiger partial charge in [-0.25, -0.2) is 0 Å². The molecule has 4 nitrogen and oxygen atoms in total. The number of thioether (sulfide) groups is 1. The summed E-state index contributed by atoms with van der Waals surface area (Å²) in [6.07, 6.45) is 0. The van der Waals surface area contributed by atoms with Crippen LogP contribution in [0.2, 0.25) is 0 Å². The van der Waals surface area contributed by atoms with Crippen LogP contribution in [0.15, 0.2) is 29.2 Å². The highest BCUT2D eigenvalue weighted by molar-refractivity contribution is 7.99. The molecule has 0 fully saturated rings. The monoisotopic (exact) mass is 282 g/mol. The van der Waals surface area contributed by atoms with E-state index in [1.54, 1.807) is 11.8 Å². The normalized spacial score (nSPS) is 13.9. The number of carbonyl (C=O) groups is 1. The van der Waals surface area contributed by atoms with Gasteiger partial charge in [-0.3, -0.25) is 4.79 Å². The lowest BCUT2D eigenvalue weighted by atomic mass is 10.1. The zero-order valence-corrected chi connectivity index (χ0v) is 12.5. The minimum Gasteiger partial charge on any atom is -0.383 e. The summed E-state index contributed by atoms with van der Waals surface area (Å²) in [5, 5.41) is 2.88. The Bertz CT molecular complexity index is 395. The number of rotatable bonds is 7. The molecule has 106 valence electrons. The standard InChI is InChI=1S/C14H22N2O2S/c1-4-19-12-7-5-11(6-8-12)10(2)16-14(17)13(15)9-18-3/h5-8,10,13H,4,9,15H2,1-3H3,(H,16,17). The molecule has 0 radical (unpaired) electrons. The Balaban J connectivity index is 2.57. The van der Waals surface area contributed by atoms with Gasteiger partial charge in [-0.1, -0.05) is 19.1 Å². The third kappa shape index (κ3) is 5.22. The first kappa shape index (κ1) is 16.0. The number of hydrogen-bond donors (Lipinski definition) is 2. The Labute approximate surface area is 119 Å². The molecule has 0 heterocycles. The first-order chi connectivity index (χ1) is 9.08. The van der Waals surface area contributed by atoms with Crippen molar-refractivity contribution in [3.05, 3.63) is 29.8 Å². The highest BCUT2D eigenvalue weighted by atomic mass is 32.2. The number of amides is 1. The Morgan fingerprint density at radius 3 is 2.58 bits per heavy atom.